The smallest absolute Gasteiger partial charge is 0.318 e. The summed E-state index contributed by atoms with van der Waals surface area (Å²) >= 11 is 0. The van der Waals surface area contributed by atoms with Crippen LogP contribution in [0.15, 0.2) is 46.6 Å². The third-order valence-electron chi connectivity index (χ3n) is 6.31. The zero-order chi connectivity index (χ0) is 23.8. The highest BCUT2D eigenvalue weighted by atomic mass is 16.2. The number of hydrogen-bond donors (Lipinski definition) is 0. The molecule has 34 heavy (non-hydrogen) atoms. The minimum absolute atomic E-state index is 0.167. The van der Waals surface area contributed by atoms with Crippen LogP contribution in [0, 0.1) is 11.3 Å². The predicted molar refractivity (Wildman–Crippen MR) is 125 cm³/mol. The molecule has 5 rings (SSSR count). The lowest BCUT2D eigenvalue weighted by atomic mass is 10.0. The molecule has 0 amide bonds. The highest BCUT2D eigenvalue weighted by Gasteiger charge is 2.26. The van der Waals surface area contributed by atoms with Crippen LogP contribution in [-0.2, 0) is 13.6 Å². The Bertz CT molecular complexity index is 1520. The van der Waals surface area contributed by atoms with E-state index in [2.05, 4.69) is 20.1 Å². The number of rotatable bonds is 4. The molecule has 0 unspecified atom stereocenters. The van der Waals surface area contributed by atoms with Gasteiger partial charge < -0.3 is 9.47 Å². The van der Waals surface area contributed by atoms with Crippen molar-refractivity contribution in [3.05, 3.63) is 63.3 Å². The Kier molecular flexibility index (Phi) is 5.41. The lowest BCUT2D eigenvalue weighted by Gasteiger charge is -2.33. The van der Waals surface area contributed by atoms with Crippen LogP contribution in [0.4, 0.5) is 5.95 Å². The minimum Gasteiger partial charge on any atom is -0.341 e. The van der Waals surface area contributed by atoms with Gasteiger partial charge >= 0.3 is 11.1 Å². The Hall–Kier alpha value is -4.33. The van der Waals surface area contributed by atoms with Crippen LogP contribution < -0.4 is 16.0 Å². The summed E-state index contributed by atoms with van der Waals surface area (Å²) in [7, 11) is 1.60. The van der Waals surface area contributed by atoms with Gasteiger partial charge in [-0.1, -0.05) is 0 Å². The van der Waals surface area contributed by atoms with E-state index in [0.717, 1.165) is 17.7 Å². The van der Waals surface area contributed by atoms with Gasteiger partial charge in [-0.15, -0.1) is 0 Å². The van der Waals surface area contributed by atoms with Crippen LogP contribution in [0.25, 0.3) is 22.3 Å². The van der Waals surface area contributed by atoms with Gasteiger partial charge in [-0.05, 0) is 25.8 Å². The Morgan fingerprint density at radius 3 is 2.41 bits per heavy atom. The van der Waals surface area contributed by atoms with Crippen molar-refractivity contribution in [3.8, 4) is 17.2 Å². The van der Waals surface area contributed by atoms with Gasteiger partial charge in [0, 0.05) is 56.2 Å². The van der Waals surface area contributed by atoms with Gasteiger partial charge in [-0.3, -0.25) is 18.8 Å². The van der Waals surface area contributed by atoms with E-state index in [4.69, 9.17) is 5.26 Å². The molecule has 0 N–H and O–H groups in total. The summed E-state index contributed by atoms with van der Waals surface area (Å²) in [5.74, 6) is 0.550. The Labute approximate surface area is 194 Å². The summed E-state index contributed by atoms with van der Waals surface area (Å²) in [6, 6.07) is 3.73. The molecule has 0 aromatic carbocycles. The highest BCUT2D eigenvalue weighted by molar-refractivity contribution is 5.78. The zero-order valence-corrected chi connectivity index (χ0v) is 18.9. The van der Waals surface area contributed by atoms with Gasteiger partial charge in [0.05, 0.1) is 29.7 Å². The predicted octanol–water partition coefficient (Wildman–Crippen LogP) is 1.48. The molecule has 0 atom stereocenters. The van der Waals surface area contributed by atoms with E-state index < -0.39 is 11.1 Å². The van der Waals surface area contributed by atoms with Crippen LogP contribution in [0.1, 0.15) is 31.4 Å². The molecule has 5 heterocycles. The van der Waals surface area contributed by atoms with Crippen molar-refractivity contribution >= 4 is 17.1 Å². The van der Waals surface area contributed by atoms with Crippen molar-refractivity contribution < 1.29 is 0 Å². The van der Waals surface area contributed by atoms with Gasteiger partial charge in [0.25, 0.3) is 0 Å². The summed E-state index contributed by atoms with van der Waals surface area (Å²) in [4.78, 5) is 41.0. The molecule has 11 nitrogen and oxygen atoms in total. The Morgan fingerprint density at radius 2 is 1.76 bits per heavy atom. The summed E-state index contributed by atoms with van der Waals surface area (Å²) in [5.41, 5.74) is 2.09. The molecular weight excluding hydrogens is 434 g/mol. The highest BCUT2D eigenvalue weighted by Crippen LogP contribution is 2.27. The van der Waals surface area contributed by atoms with E-state index in [1.165, 1.54) is 17.0 Å². The number of piperidine rings is 1. The Balaban J connectivity index is 1.49. The van der Waals surface area contributed by atoms with Crippen LogP contribution in [-0.4, -0.2) is 47.0 Å². The molecule has 0 saturated carbocycles. The summed E-state index contributed by atoms with van der Waals surface area (Å²) in [6.07, 6.45) is 9.69. The first kappa shape index (κ1) is 21.5. The number of fused-ring (bicyclic) bond motifs is 1. The number of nitriles is 1. The fourth-order valence-corrected chi connectivity index (χ4v) is 4.38. The van der Waals surface area contributed by atoms with Crippen molar-refractivity contribution in [2.75, 3.05) is 18.0 Å². The van der Waals surface area contributed by atoms with Gasteiger partial charge in [-0.2, -0.15) is 10.4 Å². The minimum atomic E-state index is -0.575. The van der Waals surface area contributed by atoms with E-state index in [0.29, 0.717) is 48.6 Å². The van der Waals surface area contributed by atoms with Crippen LogP contribution in [0.2, 0.25) is 0 Å². The first-order valence-corrected chi connectivity index (χ1v) is 11.1. The second-order valence-corrected chi connectivity index (χ2v) is 8.29. The second-order valence-electron chi connectivity index (χ2n) is 8.29. The maximum absolute atomic E-state index is 13.0. The number of pyridine rings is 1. The maximum atomic E-state index is 13.0. The molecule has 4 aromatic heterocycles. The molecule has 1 aliphatic rings. The maximum Gasteiger partial charge on any atom is 0.318 e. The fourth-order valence-electron chi connectivity index (χ4n) is 4.38. The summed E-state index contributed by atoms with van der Waals surface area (Å²) < 4.78 is 4.74. The summed E-state index contributed by atoms with van der Waals surface area (Å²) in [6.45, 7) is 4.00. The largest absolute Gasteiger partial charge is 0.341 e. The first-order valence-electron chi connectivity index (χ1n) is 11.1. The third-order valence-corrected chi connectivity index (χ3v) is 6.31. The van der Waals surface area contributed by atoms with E-state index in [1.54, 1.807) is 24.0 Å². The lowest BCUT2D eigenvalue weighted by Crippen LogP contribution is -2.45. The third kappa shape index (κ3) is 3.63. The average Bonchev–Trinajstić information content (AvgIpc) is 3.37. The molecule has 1 saturated heterocycles. The number of aryl methyl sites for hydroxylation is 2. The van der Waals surface area contributed by atoms with Gasteiger partial charge in [0.1, 0.15) is 6.07 Å². The topological polar surface area (TPSA) is 128 Å². The number of nitrogens with zero attached hydrogens (tertiary/aromatic N) is 9. The SMILES string of the molecule is CCn1cc(-c2cnc3c(c2)n(C)c(=O)c(=O)n3C2CCN(c3ncc(C#N)cn3)CC2)cn1. The number of aromatic nitrogens is 7. The Morgan fingerprint density at radius 1 is 1.03 bits per heavy atom. The fraction of sp³-hybridized carbons (Fsp3) is 0.348. The van der Waals surface area contributed by atoms with Gasteiger partial charge in [0.15, 0.2) is 5.65 Å². The molecule has 0 radical (unpaired) electrons. The molecule has 1 fully saturated rings. The van der Waals surface area contributed by atoms with E-state index in [-0.39, 0.29) is 6.04 Å². The monoisotopic (exact) mass is 457 g/mol. The van der Waals surface area contributed by atoms with Crippen molar-refractivity contribution in [1.29, 1.82) is 5.26 Å². The van der Waals surface area contributed by atoms with E-state index in [1.807, 2.05) is 34.8 Å². The lowest BCUT2D eigenvalue weighted by molar-refractivity contribution is 0.389. The first-order chi connectivity index (χ1) is 16.5. The van der Waals surface area contributed by atoms with Gasteiger partial charge in [0.2, 0.25) is 5.95 Å². The van der Waals surface area contributed by atoms with E-state index >= 15 is 0 Å². The van der Waals surface area contributed by atoms with Crippen molar-refractivity contribution in [3.63, 3.8) is 0 Å². The summed E-state index contributed by atoms with van der Waals surface area (Å²) in [5, 5.41) is 13.2. The van der Waals surface area contributed by atoms with E-state index in [9.17, 15) is 9.59 Å². The molecule has 0 spiro atoms. The molecule has 11 heteroatoms. The number of anilines is 1. The molecule has 4 aromatic rings. The van der Waals surface area contributed by atoms with Crippen molar-refractivity contribution in [1.82, 2.24) is 33.9 Å². The second kappa shape index (κ2) is 8.55. The number of hydrogen-bond acceptors (Lipinski definition) is 8. The van der Waals surface area contributed by atoms with Crippen molar-refractivity contribution in [2.45, 2.75) is 32.4 Å². The van der Waals surface area contributed by atoms with Crippen molar-refractivity contribution in [2.24, 2.45) is 7.05 Å². The van der Waals surface area contributed by atoms with Crippen LogP contribution in [0.5, 0.6) is 0 Å². The standard InChI is InChI=1S/C23H23N9O2/c1-3-31-14-17(13-28-31)16-8-19-20(25-12-16)32(22(34)21(33)29(19)2)18-4-6-30(7-5-18)23-26-10-15(9-24)11-27-23/h8,10-14,18H,3-7H2,1-2H3. The average molecular weight is 457 g/mol. The zero-order valence-electron chi connectivity index (χ0n) is 18.9. The normalized spacial score (nSPS) is 14.4. The molecular formula is C23H23N9O2. The quantitative estimate of drug-likeness (QED) is 0.422. The van der Waals surface area contributed by atoms with Gasteiger partial charge in [-0.25, -0.2) is 15.0 Å². The molecule has 1 aliphatic heterocycles. The molecule has 172 valence electrons. The molecule has 0 bridgehead atoms. The van der Waals surface area contributed by atoms with Crippen LogP contribution >= 0.6 is 0 Å². The van der Waals surface area contributed by atoms with Crippen LogP contribution in [0.3, 0.4) is 0 Å². The molecule has 0 aliphatic carbocycles.